The summed E-state index contributed by atoms with van der Waals surface area (Å²) in [6, 6.07) is 15.9. The number of piperidine rings is 1. The summed E-state index contributed by atoms with van der Waals surface area (Å²) < 4.78 is 6.28. The average Bonchev–Trinajstić information content (AvgIpc) is 2.86. The highest BCUT2D eigenvalue weighted by molar-refractivity contribution is 6.08. The van der Waals surface area contributed by atoms with Gasteiger partial charge >= 0.3 is 0 Å². The molecule has 0 spiro atoms. The fourth-order valence-electron chi connectivity index (χ4n) is 4.61. The van der Waals surface area contributed by atoms with Gasteiger partial charge in [0.25, 0.3) is 5.91 Å². The van der Waals surface area contributed by atoms with Crippen LogP contribution in [0.3, 0.4) is 0 Å². The Morgan fingerprint density at radius 2 is 1.86 bits per heavy atom. The van der Waals surface area contributed by atoms with Crippen molar-refractivity contribution in [1.82, 2.24) is 15.2 Å². The molecule has 1 amide bonds. The van der Waals surface area contributed by atoms with Crippen LogP contribution in [0.5, 0.6) is 5.75 Å². The Bertz CT molecular complexity index is 1150. The van der Waals surface area contributed by atoms with E-state index in [2.05, 4.69) is 27.4 Å². The van der Waals surface area contributed by atoms with E-state index < -0.39 is 0 Å². The normalized spacial score (nSPS) is 15.1. The summed E-state index contributed by atoms with van der Waals surface area (Å²) in [4.78, 5) is 20.4. The molecule has 2 N–H and O–H groups in total. The molecule has 0 unspecified atom stereocenters. The van der Waals surface area contributed by atoms with Crippen molar-refractivity contribution >= 4 is 28.2 Å². The number of fused-ring (bicyclic) bond motifs is 1. The zero-order valence-electron chi connectivity index (χ0n) is 22.1. The quantitative estimate of drug-likeness (QED) is 0.365. The first kappa shape index (κ1) is 26.0. The number of carbonyl (C=O) groups excluding carboxylic acids is 1. The number of unbranched alkanes of at least 4 members (excludes halogenated alkanes) is 1. The molecular weight excluding hydrogens is 448 g/mol. The maximum atomic E-state index is 13.2. The topological polar surface area (TPSA) is 66.5 Å². The fourth-order valence-corrected chi connectivity index (χ4v) is 4.61. The van der Waals surface area contributed by atoms with Crippen molar-refractivity contribution in [2.75, 3.05) is 31.6 Å². The number of para-hydroxylation sites is 1. The first-order valence-corrected chi connectivity index (χ1v) is 13.2. The second-order valence-electron chi connectivity index (χ2n) is 10.9. The van der Waals surface area contributed by atoms with Crippen LogP contribution in [0.1, 0.15) is 63.7 Å². The fraction of sp³-hybridized carbons (Fsp3) is 0.467. The molecule has 3 aromatic rings. The lowest BCUT2D eigenvalue weighted by molar-refractivity contribution is 0.0920. The number of hydrogen-bond acceptors (Lipinski definition) is 5. The Labute approximate surface area is 215 Å². The Morgan fingerprint density at radius 3 is 2.56 bits per heavy atom. The van der Waals surface area contributed by atoms with Crippen LogP contribution in [0, 0.1) is 5.92 Å². The molecule has 0 aliphatic carbocycles. The number of nitrogens with zero attached hydrogens (tertiary/aromatic N) is 2. The van der Waals surface area contributed by atoms with Crippen molar-refractivity contribution in [3.05, 3.63) is 60.3 Å². The molecule has 2 aromatic carbocycles. The monoisotopic (exact) mass is 488 g/mol. The number of amides is 1. The van der Waals surface area contributed by atoms with Gasteiger partial charge in [-0.2, -0.15) is 0 Å². The van der Waals surface area contributed by atoms with E-state index >= 15 is 0 Å². The van der Waals surface area contributed by atoms with Gasteiger partial charge in [-0.3, -0.25) is 9.78 Å². The molecule has 1 aliphatic rings. The van der Waals surface area contributed by atoms with E-state index in [-0.39, 0.29) is 11.4 Å². The highest BCUT2D eigenvalue weighted by Gasteiger charge is 2.22. The van der Waals surface area contributed by atoms with Crippen LogP contribution in [0.2, 0.25) is 0 Å². The molecule has 0 saturated carbocycles. The summed E-state index contributed by atoms with van der Waals surface area (Å²) in [5.41, 5.74) is 2.63. The number of rotatable bonds is 9. The van der Waals surface area contributed by atoms with Crippen LogP contribution < -0.4 is 15.4 Å². The van der Waals surface area contributed by atoms with Crippen LogP contribution in [0.25, 0.3) is 10.9 Å². The van der Waals surface area contributed by atoms with Crippen LogP contribution in [-0.4, -0.2) is 47.6 Å². The number of aromatic nitrogens is 1. The average molecular weight is 489 g/mol. The van der Waals surface area contributed by atoms with Gasteiger partial charge in [-0.15, -0.1) is 0 Å². The Hall–Kier alpha value is -3.12. The van der Waals surface area contributed by atoms with E-state index in [0.717, 1.165) is 41.1 Å². The molecule has 1 aromatic heterocycles. The molecule has 6 nitrogen and oxygen atoms in total. The number of ether oxygens (including phenoxy) is 1. The molecule has 0 atom stereocenters. The minimum absolute atomic E-state index is 0.156. The summed E-state index contributed by atoms with van der Waals surface area (Å²) in [5.74, 6) is 1.22. The molecule has 2 heterocycles. The van der Waals surface area contributed by atoms with Gasteiger partial charge in [0.2, 0.25) is 0 Å². The van der Waals surface area contributed by atoms with Gasteiger partial charge in [0.05, 0.1) is 23.4 Å². The predicted molar refractivity (Wildman–Crippen MR) is 148 cm³/mol. The molecule has 6 heteroatoms. The Balaban J connectivity index is 1.56. The highest BCUT2D eigenvalue weighted by atomic mass is 16.5. The molecular formula is C30H40N4O2. The first-order chi connectivity index (χ1) is 17.3. The third-order valence-electron chi connectivity index (χ3n) is 6.64. The molecule has 0 radical (unpaired) electrons. The van der Waals surface area contributed by atoms with Crippen molar-refractivity contribution in [3.8, 4) is 5.75 Å². The summed E-state index contributed by atoms with van der Waals surface area (Å²) in [6.45, 7) is 12.4. The zero-order chi connectivity index (χ0) is 25.5. The second-order valence-corrected chi connectivity index (χ2v) is 10.9. The van der Waals surface area contributed by atoms with Gasteiger partial charge in [0, 0.05) is 22.8 Å². The number of anilines is 2. The number of likely N-dealkylation sites (tertiary alicyclic amines) is 1. The summed E-state index contributed by atoms with van der Waals surface area (Å²) >= 11 is 0. The molecule has 4 rings (SSSR count). The second kappa shape index (κ2) is 11.7. The minimum atomic E-state index is -0.354. The van der Waals surface area contributed by atoms with Crippen molar-refractivity contribution in [2.45, 2.75) is 58.9 Å². The number of carbonyl (C=O) groups is 1. The largest absolute Gasteiger partial charge is 0.493 e. The first-order valence-electron chi connectivity index (χ1n) is 13.2. The molecule has 1 fully saturated rings. The number of pyridine rings is 1. The lowest BCUT2D eigenvalue weighted by atomic mass is 9.97. The van der Waals surface area contributed by atoms with Crippen molar-refractivity contribution in [1.29, 1.82) is 0 Å². The molecule has 192 valence electrons. The number of benzene rings is 2. The molecule has 36 heavy (non-hydrogen) atoms. The Morgan fingerprint density at radius 1 is 1.11 bits per heavy atom. The number of hydrogen-bond donors (Lipinski definition) is 2. The number of nitrogens with one attached hydrogen (secondary N) is 2. The third-order valence-corrected chi connectivity index (χ3v) is 6.64. The van der Waals surface area contributed by atoms with Gasteiger partial charge < -0.3 is 20.3 Å². The van der Waals surface area contributed by atoms with Crippen LogP contribution >= 0.6 is 0 Å². The van der Waals surface area contributed by atoms with E-state index in [0.29, 0.717) is 18.1 Å². The van der Waals surface area contributed by atoms with E-state index in [4.69, 9.17) is 4.74 Å². The van der Waals surface area contributed by atoms with E-state index in [1.807, 2.05) is 69.3 Å². The maximum absolute atomic E-state index is 13.2. The lowest BCUT2D eigenvalue weighted by Gasteiger charge is -2.31. The SMILES string of the molecule is CCCCN1CCC(COc2ccc3ncc(C(=O)NC(C)(C)C)c(Nc4ccccc4)c3c2)CC1. The maximum Gasteiger partial charge on any atom is 0.255 e. The smallest absolute Gasteiger partial charge is 0.255 e. The third kappa shape index (κ3) is 6.97. The van der Waals surface area contributed by atoms with Gasteiger partial charge in [0.1, 0.15) is 5.75 Å². The van der Waals surface area contributed by atoms with E-state index in [9.17, 15) is 4.79 Å². The summed E-state index contributed by atoms with van der Waals surface area (Å²) in [7, 11) is 0. The van der Waals surface area contributed by atoms with Crippen molar-refractivity contribution < 1.29 is 9.53 Å². The minimum Gasteiger partial charge on any atom is -0.493 e. The molecule has 0 bridgehead atoms. The van der Waals surface area contributed by atoms with E-state index in [1.165, 1.54) is 32.2 Å². The standard InChI is InChI=1S/C30H40N4O2/c1-5-6-16-34-17-14-22(15-18-34)21-36-24-12-13-27-25(19-24)28(32-23-10-8-7-9-11-23)26(20-31-27)29(35)33-30(2,3)4/h7-13,19-20,22H,5-6,14-18,21H2,1-4H3,(H,31,32)(H,33,35). The summed E-state index contributed by atoms with van der Waals surface area (Å²) in [6.07, 6.45) is 6.54. The van der Waals surface area contributed by atoms with Crippen molar-refractivity contribution in [2.24, 2.45) is 5.92 Å². The predicted octanol–water partition coefficient (Wildman–Crippen LogP) is 6.40. The molecule has 1 saturated heterocycles. The lowest BCUT2D eigenvalue weighted by Crippen LogP contribution is -2.40. The van der Waals surface area contributed by atoms with E-state index in [1.54, 1.807) is 6.20 Å². The summed E-state index contributed by atoms with van der Waals surface area (Å²) in [5, 5.41) is 7.41. The van der Waals surface area contributed by atoms with Crippen LogP contribution in [0.15, 0.2) is 54.7 Å². The zero-order valence-corrected chi connectivity index (χ0v) is 22.1. The van der Waals surface area contributed by atoms with Gasteiger partial charge in [-0.25, -0.2) is 0 Å². The molecule has 1 aliphatic heterocycles. The van der Waals surface area contributed by atoms with Crippen molar-refractivity contribution in [3.63, 3.8) is 0 Å². The van der Waals surface area contributed by atoms with Crippen LogP contribution in [0.4, 0.5) is 11.4 Å². The highest BCUT2D eigenvalue weighted by Crippen LogP contribution is 2.32. The Kier molecular flexibility index (Phi) is 8.47. The van der Waals surface area contributed by atoms with Gasteiger partial charge in [0.15, 0.2) is 0 Å². The van der Waals surface area contributed by atoms with Crippen LogP contribution in [-0.2, 0) is 0 Å². The van der Waals surface area contributed by atoms with Gasteiger partial charge in [-0.05, 0) is 95.9 Å². The van der Waals surface area contributed by atoms with Gasteiger partial charge in [-0.1, -0.05) is 31.5 Å².